The molecule has 5 rings (SSSR count). The van der Waals surface area contributed by atoms with Gasteiger partial charge in [-0.15, -0.1) is 5.10 Å². The van der Waals surface area contributed by atoms with Crippen LogP contribution in [-0.2, 0) is 0 Å². The van der Waals surface area contributed by atoms with E-state index in [1.54, 1.807) is 31.5 Å². The molecule has 9 heteroatoms. The zero-order valence-corrected chi connectivity index (χ0v) is 16.9. The molecule has 5 aromatic rings. The SMILES string of the molecule is Cc1nnnn1-c1ccc(F)c(NC(=O)c2cc(-c3cccnc3)nc3ccccc23)c1. The van der Waals surface area contributed by atoms with Crippen molar-refractivity contribution in [3.8, 4) is 16.9 Å². The highest BCUT2D eigenvalue weighted by atomic mass is 19.1. The van der Waals surface area contributed by atoms with Gasteiger partial charge in [-0.25, -0.2) is 9.37 Å². The van der Waals surface area contributed by atoms with Gasteiger partial charge in [-0.05, 0) is 59.8 Å². The van der Waals surface area contributed by atoms with Crippen molar-refractivity contribution in [3.63, 3.8) is 0 Å². The topological polar surface area (TPSA) is 98.5 Å². The number of rotatable bonds is 4. The van der Waals surface area contributed by atoms with E-state index in [1.807, 2.05) is 30.3 Å². The quantitative estimate of drug-likeness (QED) is 0.468. The lowest BCUT2D eigenvalue weighted by atomic mass is 10.0. The molecule has 0 aliphatic rings. The van der Waals surface area contributed by atoms with Crippen LogP contribution in [0.4, 0.5) is 10.1 Å². The molecular weight excluding hydrogens is 409 g/mol. The number of para-hydroxylation sites is 1. The predicted molar refractivity (Wildman–Crippen MR) is 117 cm³/mol. The number of nitrogens with one attached hydrogen (secondary N) is 1. The maximum atomic E-state index is 14.5. The molecule has 0 spiro atoms. The van der Waals surface area contributed by atoms with Crippen LogP contribution in [0.25, 0.3) is 27.8 Å². The molecule has 1 amide bonds. The Kier molecular flexibility index (Phi) is 4.83. The van der Waals surface area contributed by atoms with Crippen molar-refractivity contribution in [2.45, 2.75) is 6.92 Å². The summed E-state index contributed by atoms with van der Waals surface area (Å²) in [6.07, 6.45) is 3.34. The lowest BCUT2D eigenvalue weighted by molar-refractivity contribution is 0.102. The second-order valence-electron chi connectivity index (χ2n) is 7.07. The fraction of sp³-hybridized carbons (Fsp3) is 0.0435. The molecule has 2 aromatic carbocycles. The molecule has 0 aliphatic carbocycles. The largest absolute Gasteiger partial charge is 0.319 e. The Bertz CT molecular complexity index is 1450. The van der Waals surface area contributed by atoms with Crippen molar-refractivity contribution in [1.82, 2.24) is 30.2 Å². The van der Waals surface area contributed by atoms with Gasteiger partial charge in [0.2, 0.25) is 0 Å². The fourth-order valence-corrected chi connectivity index (χ4v) is 3.43. The van der Waals surface area contributed by atoms with Crippen LogP contribution in [-0.4, -0.2) is 36.1 Å². The van der Waals surface area contributed by atoms with Crippen LogP contribution < -0.4 is 5.32 Å². The summed E-state index contributed by atoms with van der Waals surface area (Å²) in [4.78, 5) is 22.0. The molecule has 1 N–H and O–H groups in total. The Morgan fingerprint density at radius 2 is 1.94 bits per heavy atom. The van der Waals surface area contributed by atoms with E-state index in [9.17, 15) is 9.18 Å². The number of aromatic nitrogens is 6. The van der Waals surface area contributed by atoms with Crippen molar-refractivity contribution in [2.75, 3.05) is 5.32 Å². The van der Waals surface area contributed by atoms with Crippen molar-refractivity contribution in [3.05, 3.63) is 90.3 Å². The summed E-state index contributed by atoms with van der Waals surface area (Å²) < 4.78 is 16.0. The normalized spacial score (nSPS) is 10.9. The molecular formula is C23H16FN7O. The number of tetrazole rings is 1. The summed E-state index contributed by atoms with van der Waals surface area (Å²) in [5.74, 6) is -0.493. The van der Waals surface area contributed by atoms with E-state index in [0.29, 0.717) is 33.7 Å². The Hall–Kier alpha value is -4.53. The number of anilines is 1. The van der Waals surface area contributed by atoms with E-state index in [-0.39, 0.29) is 5.69 Å². The van der Waals surface area contributed by atoms with Gasteiger partial charge in [-0.3, -0.25) is 9.78 Å². The van der Waals surface area contributed by atoms with Crippen molar-refractivity contribution >= 4 is 22.5 Å². The third kappa shape index (κ3) is 3.56. The van der Waals surface area contributed by atoms with E-state index < -0.39 is 11.7 Å². The molecule has 0 saturated carbocycles. The Balaban J connectivity index is 1.57. The number of nitrogens with zero attached hydrogens (tertiary/aromatic N) is 6. The number of aryl methyl sites for hydroxylation is 1. The molecule has 3 aromatic heterocycles. The van der Waals surface area contributed by atoms with E-state index in [4.69, 9.17) is 0 Å². The van der Waals surface area contributed by atoms with Gasteiger partial charge in [0, 0.05) is 23.3 Å². The number of fused-ring (bicyclic) bond motifs is 1. The minimum atomic E-state index is -0.571. The summed E-state index contributed by atoms with van der Waals surface area (Å²) in [6, 6.07) is 16.9. The first-order valence-electron chi connectivity index (χ1n) is 9.76. The van der Waals surface area contributed by atoms with Crippen LogP contribution >= 0.6 is 0 Å². The number of hydrogen-bond donors (Lipinski definition) is 1. The van der Waals surface area contributed by atoms with Crippen molar-refractivity contribution < 1.29 is 9.18 Å². The lowest BCUT2D eigenvalue weighted by Gasteiger charge is -2.12. The third-order valence-corrected chi connectivity index (χ3v) is 4.99. The Labute approximate surface area is 181 Å². The van der Waals surface area contributed by atoms with Gasteiger partial charge in [0.15, 0.2) is 5.82 Å². The number of hydrogen-bond acceptors (Lipinski definition) is 6. The summed E-state index contributed by atoms with van der Waals surface area (Å²) >= 11 is 0. The molecule has 0 radical (unpaired) electrons. The van der Waals surface area contributed by atoms with Gasteiger partial charge in [-0.1, -0.05) is 18.2 Å². The first-order chi connectivity index (χ1) is 15.6. The first-order valence-corrected chi connectivity index (χ1v) is 9.76. The van der Waals surface area contributed by atoms with Gasteiger partial charge in [0.1, 0.15) is 5.82 Å². The summed E-state index contributed by atoms with van der Waals surface area (Å²) in [6.45, 7) is 1.73. The lowest BCUT2D eigenvalue weighted by Crippen LogP contribution is -2.15. The molecule has 32 heavy (non-hydrogen) atoms. The number of halogens is 1. The van der Waals surface area contributed by atoms with Crippen LogP contribution in [0.2, 0.25) is 0 Å². The molecule has 0 aliphatic heterocycles. The van der Waals surface area contributed by atoms with Crippen LogP contribution in [0.5, 0.6) is 0 Å². The number of amides is 1. The maximum Gasteiger partial charge on any atom is 0.256 e. The van der Waals surface area contributed by atoms with Crippen LogP contribution in [0.1, 0.15) is 16.2 Å². The molecule has 8 nitrogen and oxygen atoms in total. The highest BCUT2D eigenvalue weighted by molar-refractivity contribution is 6.13. The summed E-state index contributed by atoms with van der Waals surface area (Å²) in [5, 5.41) is 14.7. The minimum absolute atomic E-state index is 0.0196. The van der Waals surface area contributed by atoms with Crippen molar-refractivity contribution in [2.24, 2.45) is 0 Å². The van der Waals surface area contributed by atoms with Crippen molar-refractivity contribution in [1.29, 1.82) is 0 Å². The highest BCUT2D eigenvalue weighted by Crippen LogP contribution is 2.26. The number of pyridine rings is 2. The zero-order valence-electron chi connectivity index (χ0n) is 16.9. The van der Waals surface area contributed by atoms with Gasteiger partial charge in [-0.2, -0.15) is 4.68 Å². The second-order valence-corrected chi connectivity index (χ2v) is 7.07. The molecule has 0 bridgehead atoms. The second kappa shape index (κ2) is 7.95. The van der Waals surface area contributed by atoms with Crippen LogP contribution in [0.15, 0.2) is 73.1 Å². The molecule has 0 unspecified atom stereocenters. The van der Waals surface area contributed by atoms with E-state index in [1.165, 1.54) is 22.9 Å². The number of carbonyl (C=O) groups excluding carboxylic acids is 1. The van der Waals surface area contributed by atoms with Crippen LogP contribution in [0.3, 0.4) is 0 Å². The monoisotopic (exact) mass is 425 g/mol. The minimum Gasteiger partial charge on any atom is -0.319 e. The fourth-order valence-electron chi connectivity index (χ4n) is 3.43. The summed E-state index contributed by atoms with van der Waals surface area (Å²) in [7, 11) is 0. The molecule has 0 saturated heterocycles. The smallest absolute Gasteiger partial charge is 0.256 e. The van der Waals surface area contributed by atoms with Gasteiger partial charge < -0.3 is 5.32 Å². The molecule has 0 atom stereocenters. The predicted octanol–water partition coefficient (Wildman–Crippen LogP) is 3.97. The van der Waals surface area contributed by atoms with Gasteiger partial charge in [0.05, 0.1) is 28.1 Å². The Morgan fingerprint density at radius 1 is 1.06 bits per heavy atom. The zero-order chi connectivity index (χ0) is 22.1. The van der Waals surface area contributed by atoms with Crippen LogP contribution in [0, 0.1) is 12.7 Å². The number of benzene rings is 2. The summed E-state index contributed by atoms with van der Waals surface area (Å²) in [5.41, 5.74) is 2.94. The molecule has 3 heterocycles. The molecule has 0 fully saturated rings. The number of carbonyl (C=O) groups is 1. The van der Waals surface area contributed by atoms with E-state index >= 15 is 0 Å². The first kappa shape index (κ1) is 19.4. The highest BCUT2D eigenvalue weighted by Gasteiger charge is 2.17. The average molecular weight is 425 g/mol. The van der Waals surface area contributed by atoms with Gasteiger partial charge >= 0.3 is 0 Å². The third-order valence-electron chi connectivity index (χ3n) is 4.99. The average Bonchev–Trinajstić information content (AvgIpc) is 3.26. The standard InChI is InChI=1S/C23H16FN7O/c1-14-28-29-30-31(14)16-8-9-19(24)22(11-16)27-23(32)18-12-21(15-5-4-10-25-13-15)26-20-7-3-2-6-17(18)20/h2-13H,1H3,(H,27,32). The Morgan fingerprint density at radius 3 is 2.72 bits per heavy atom. The van der Waals surface area contributed by atoms with E-state index in [2.05, 4.69) is 30.8 Å². The van der Waals surface area contributed by atoms with E-state index in [0.717, 1.165) is 5.56 Å². The maximum absolute atomic E-state index is 14.5. The molecule has 156 valence electrons. The van der Waals surface area contributed by atoms with Gasteiger partial charge in [0.25, 0.3) is 5.91 Å².